The maximum Gasteiger partial charge on any atom is 0.334 e. The number of nitrogens with zero attached hydrogens (tertiary/aromatic N) is 2. The van der Waals surface area contributed by atoms with Gasteiger partial charge >= 0.3 is 5.69 Å². The van der Waals surface area contributed by atoms with Gasteiger partial charge in [-0.2, -0.15) is 0 Å². The number of pyridine rings is 1. The van der Waals surface area contributed by atoms with E-state index in [1.165, 1.54) is 30.4 Å². The van der Waals surface area contributed by atoms with Crippen LogP contribution < -0.4 is 21.3 Å². The van der Waals surface area contributed by atoms with Crippen LogP contribution >= 0.6 is 11.8 Å². The number of anilines is 1. The van der Waals surface area contributed by atoms with Crippen molar-refractivity contribution in [2.45, 2.75) is 41.0 Å². The van der Waals surface area contributed by atoms with Crippen molar-refractivity contribution in [1.82, 2.24) is 19.3 Å². The molecular weight excluding hydrogens is 517 g/mol. The van der Waals surface area contributed by atoms with Gasteiger partial charge in [0.25, 0.3) is 5.56 Å². The molecular formula is C25H34FN5O4S2. The summed E-state index contributed by atoms with van der Waals surface area (Å²) in [4.78, 5) is 40.7. The average molecular weight is 552 g/mol. The first-order chi connectivity index (χ1) is 17.8. The Balaban J connectivity index is 0.000000687. The molecule has 0 saturated carbocycles. The first kappa shape index (κ1) is 33.5. The van der Waals surface area contributed by atoms with E-state index in [1.807, 2.05) is 13.8 Å². The zero-order chi connectivity index (χ0) is 28.4. The normalized spacial score (nSPS) is 10.8. The molecule has 1 amide bonds. The van der Waals surface area contributed by atoms with Crippen LogP contribution in [0.3, 0.4) is 0 Å². The predicted molar refractivity (Wildman–Crippen MR) is 154 cm³/mol. The molecule has 0 fully saturated rings. The van der Waals surface area contributed by atoms with Crippen molar-refractivity contribution in [2.75, 3.05) is 12.4 Å². The van der Waals surface area contributed by atoms with Crippen LogP contribution in [0.25, 0.3) is 16.7 Å². The number of aromatic nitrogens is 3. The highest BCUT2D eigenvalue weighted by molar-refractivity contribution is 8.17. The van der Waals surface area contributed by atoms with Crippen molar-refractivity contribution in [3.8, 4) is 5.82 Å². The van der Waals surface area contributed by atoms with Crippen LogP contribution in [0.1, 0.15) is 41.0 Å². The second kappa shape index (κ2) is 18.7. The number of halogens is 1. The van der Waals surface area contributed by atoms with Crippen LogP contribution in [0.2, 0.25) is 0 Å². The van der Waals surface area contributed by atoms with Crippen molar-refractivity contribution in [1.29, 1.82) is 0 Å². The zero-order valence-electron chi connectivity index (χ0n) is 21.8. The van der Waals surface area contributed by atoms with Crippen molar-refractivity contribution >= 4 is 45.7 Å². The Morgan fingerprint density at radius 1 is 1.27 bits per heavy atom. The fourth-order valence-electron chi connectivity index (χ4n) is 2.51. The molecule has 3 N–H and O–H groups in total. The van der Waals surface area contributed by atoms with Gasteiger partial charge in [0, 0.05) is 18.9 Å². The first-order valence-electron chi connectivity index (χ1n) is 11.4. The van der Waals surface area contributed by atoms with Crippen LogP contribution in [0, 0.1) is 5.82 Å². The number of amides is 1. The maximum atomic E-state index is 13.8. The topological polar surface area (TPSA) is 126 Å². The van der Waals surface area contributed by atoms with Crippen LogP contribution in [-0.2, 0) is 15.8 Å². The number of thioether (sulfide) groups is 1. The summed E-state index contributed by atoms with van der Waals surface area (Å²) in [6.45, 7) is 13.5. The third-order valence-corrected chi connectivity index (χ3v) is 6.20. The molecule has 1 unspecified atom stereocenters. The fraction of sp³-hybridized carbons (Fsp3) is 0.280. The maximum absolute atomic E-state index is 13.8. The fourth-order valence-corrected chi connectivity index (χ4v) is 3.93. The second-order valence-corrected chi connectivity index (χ2v) is 8.97. The number of hydrogen-bond donors (Lipinski definition) is 3. The van der Waals surface area contributed by atoms with E-state index in [4.69, 9.17) is 0 Å². The van der Waals surface area contributed by atoms with Gasteiger partial charge in [-0.05, 0) is 42.7 Å². The first-order valence-corrected chi connectivity index (χ1v) is 13.5. The zero-order valence-corrected chi connectivity index (χ0v) is 23.5. The SMILES string of the molecule is C=CS/C(=C\C)S(=O)NC=O.CC.CCC.CNc1ccc2c(=O)n(-c3ncccc3F)c(=O)[nH]c2c1. The van der Waals surface area contributed by atoms with Gasteiger partial charge in [0.05, 0.1) is 15.1 Å². The van der Waals surface area contributed by atoms with E-state index in [9.17, 15) is 23.0 Å². The van der Waals surface area contributed by atoms with Crippen molar-refractivity contribution in [3.63, 3.8) is 0 Å². The molecule has 0 saturated heterocycles. The Morgan fingerprint density at radius 3 is 2.43 bits per heavy atom. The summed E-state index contributed by atoms with van der Waals surface area (Å²) < 4.78 is 28.2. The summed E-state index contributed by atoms with van der Waals surface area (Å²) in [5, 5.41) is 4.74. The van der Waals surface area contributed by atoms with E-state index < -0.39 is 28.1 Å². The van der Waals surface area contributed by atoms with E-state index in [0.717, 1.165) is 11.8 Å². The lowest BCUT2D eigenvalue weighted by molar-refractivity contribution is -0.108. The van der Waals surface area contributed by atoms with E-state index in [0.29, 0.717) is 20.7 Å². The molecule has 12 heteroatoms. The number of benzene rings is 1. The van der Waals surface area contributed by atoms with Gasteiger partial charge in [-0.1, -0.05) is 58.5 Å². The summed E-state index contributed by atoms with van der Waals surface area (Å²) in [7, 11) is 0.303. The lowest BCUT2D eigenvalue weighted by Crippen LogP contribution is -2.34. The van der Waals surface area contributed by atoms with Gasteiger partial charge in [-0.15, -0.1) is 0 Å². The van der Waals surface area contributed by atoms with E-state index >= 15 is 0 Å². The minimum absolute atomic E-state index is 0.277. The lowest BCUT2D eigenvalue weighted by Gasteiger charge is -2.07. The lowest BCUT2D eigenvalue weighted by atomic mass is 10.2. The van der Waals surface area contributed by atoms with E-state index in [-0.39, 0.29) is 11.2 Å². The third-order valence-electron chi connectivity index (χ3n) is 3.91. The molecule has 0 aliphatic carbocycles. The molecule has 3 rings (SSSR count). The van der Waals surface area contributed by atoms with Gasteiger partial charge in [0.15, 0.2) is 22.6 Å². The van der Waals surface area contributed by atoms with Gasteiger partial charge in [0.2, 0.25) is 6.41 Å². The number of nitrogens with one attached hydrogen (secondary N) is 3. The number of H-pyrrole nitrogens is 1. The largest absolute Gasteiger partial charge is 0.388 e. The summed E-state index contributed by atoms with van der Waals surface area (Å²) in [6.07, 6.45) is 4.64. The predicted octanol–water partition coefficient (Wildman–Crippen LogP) is 4.83. The smallest absolute Gasteiger partial charge is 0.334 e. The third kappa shape index (κ3) is 10.2. The van der Waals surface area contributed by atoms with Gasteiger partial charge in [-0.3, -0.25) is 14.3 Å². The van der Waals surface area contributed by atoms with Crippen LogP contribution in [0.15, 0.2) is 68.4 Å². The Kier molecular flexibility index (Phi) is 16.9. The van der Waals surface area contributed by atoms with Gasteiger partial charge in [-0.25, -0.2) is 22.9 Å². The van der Waals surface area contributed by atoms with Crippen molar-refractivity contribution in [2.24, 2.45) is 0 Å². The number of carbonyl (C=O) groups excluding carboxylic acids is 1. The molecule has 1 aromatic carbocycles. The second-order valence-electron chi connectivity index (χ2n) is 6.49. The van der Waals surface area contributed by atoms with Crippen molar-refractivity contribution < 1.29 is 13.4 Å². The monoisotopic (exact) mass is 551 g/mol. The molecule has 0 aliphatic rings. The van der Waals surface area contributed by atoms with Crippen LogP contribution in [0.5, 0.6) is 0 Å². The molecule has 37 heavy (non-hydrogen) atoms. The molecule has 0 spiro atoms. The highest BCUT2D eigenvalue weighted by Gasteiger charge is 2.14. The number of carbonyl (C=O) groups is 1. The Hall–Kier alpha value is -3.51. The molecule has 2 heterocycles. The summed E-state index contributed by atoms with van der Waals surface area (Å²) >= 11 is 1.23. The molecule has 1 atom stereocenters. The molecule has 2 aromatic heterocycles. The average Bonchev–Trinajstić information content (AvgIpc) is 2.90. The number of fused-ring (bicyclic) bond motifs is 1. The van der Waals surface area contributed by atoms with Gasteiger partial charge < -0.3 is 10.3 Å². The molecule has 202 valence electrons. The van der Waals surface area contributed by atoms with Crippen LogP contribution in [-0.4, -0.2) is 32.2 Å². The number of hydrogen-bond acceptors (Lipinski definition) is 7. The number of aromatic amines is 1. The number of rotatable bonds is 7. The Bertz CT molecular complexity index is 1320. The highest BCUT2D eigenvalue weighted by atomic mass is 32.2. The van der Waals surface area contributed by atoms with Crippen molar-refractivity contribution in [3.05, 3.63) is 85.5 Å². The molecule has 0 aliphatic heterocycles. The minimum atomic E-state index is -1.42. The van der Waals surface area contributed by atoms with Crippen LogP contribution in [0.4, 0.5) is 10.1 Å². The molecule has 9 nitrogen and oxygen atoms in total. The Labute approximate surface area is 222 Å². The quantitative estimate of drug-likeness (QED) is 0.359. The number of allylic oxidation sites excluding steroid dienone is 1. The standard InChI is InChI=1S/C14H11FN4O2.C6H9NO2S2.C3H8.C2H6/c1-16-8-4-5-9-11(7-8)18-14(21)19(13(9)20)12-10(15)3-2-6-17-12;1-3-6(10-4-2)11(9)7-5-8;1-3-2;1-2/h2-7,16H,1H3,(H,18,21);3-5H,2H2,1H3,(H,7,8);3H2,1-2H3;1-2H3/b;6-3+;;. The Morgan fingerprint density at radius 2 is 1.92 bits per heavy atom. The summed E-state index contributed by atoms with van der Waals surface area (Å²) in [5.74, 6) is -1.06. The minimum Gasteiger partial charge on any atom is -0.388 e. The highest BCUT2D eigenvalue weighted by Crippen LogP contribution is 2.18. The van der Waals surface area contributed by atoms with E-state index in [2.05, 4.69) is 40.4 Å². The van der Waals surface area contributed by atoms with Gasteiger partial charge in [0.1, 0.15) is 0 Å². The molecule has 3 aromatic rings. The van der Waals surface area contributed by atoms with E-state index in [1.54, 1.807) is 43.7 Å². The molecule has 0 radical (unpaired) electrons. The summed E-state index contributed by atoms with van der Waals surface area (Å²) in [6, 6.07) is 7.43. The molecule has 0 bridgehead atoms. The summed E-state index contributed by atoms with van der Waals surface area (Å²) in [5.41, 5.74) is -0.226.